The molecule has 1 heterocycles. The normalized spacial score (nSPS) is 15.2. The summed E-state index contributed by atoms with van der Waals surface area (Å²) < 4.78 is 15.9. The maximum absolute atomic E-state index is 12.8. The molecule has 2 amide bonds. The van der Waals surface area contributed by atoms with E-state index in [2.05, 4.69) is 0 Å². The summed E-state index contributed by atoms with van der Waals surface area (Å²) in [7, 11) is 3.12. The Morgan fingerprint density at radius 1 is 1.03 bits per heavy atom. The highest BCUT2D eigenvalue weighted by molar-refractivity contribution is 8.18. The highest BCUT2D eigenvalue weighted by Crippen LogP contribution is 2.36. The zero-order chi connectivity index (χ0) is 21.7. The van der Waals surface area contributed by atoms with E-state index in [0.717, 1.165) is 16.7 Å². The van der Waals surface area contributed by atoms with Crippen molar-refractivity contribution in [3.8, 4) is 11.5 Å². The molecule has 0 bridgehead atoms. The van der Waals surface area contributed by atoms with E-state index in [1.165, 1.54) is 7.11 Å². The number of hydrogen-bond acceptors (Lipinski definition) is 6. The number of imide groups is 1. The first-order chi connectivity index (χ1) is 14.4. The van der Waals surface area contributed by atoms with Gasteiger partial charge in [0.25, 0.3) is 11.1 Å². The molecule has 0 radical (unpaired) electrons. The van der Waals surface area contributed by atoms with Crippen LogP contribution in [-0.4, -0.2) is 43.5 Å². The molecule has 158 valence electrons. The molecule has 3 rings (SSSR count). The van der Waals surface area contributed by atoms with Crippen molar-refractivity contribution in [1.82, 2.24) is 4.90 Å². The highest BCUT2D eigenvalue weighted by atomic mass is 35.5. The van der Waals surface area contributed by atoms with Crippen LogP contribution in [0.25, 0.3) is 6.08 Å². The highest BCUT2D eigenvalue weighted by Gasteiger charge is 2.35. The van der Waals surface area contributed by atoms with Crippen molar-refractivity contribution in [2.75, 3.05) is 27.4 Å². The lowest BCUT2D eigenvalue weighted by Gasteiger charge is -2.14. The smallest absolute Gasteiger partial charge is 0.293 e. The number of ether oxygens (including phenoxy) is 3. The zero-order valence-corrected chi connectivity index (χ0v) is 18.6. The zero-order valence-electron chi connectivity index (χ0n) is 16.3. The van der Waals surface area contributed by atoms with Gasteiger partial charge in [-0.15, -0.1) is 0 Å². The van der Waals surface area contributed by atoms with Crippen molar-refractivity contribution in [1.29, 1.82) is 0 Å². The van der Waals surface area contributed by atoms with Crippen LogP contribution in [0.2, 0.25) is 10.0 Å². The van der Waals surface area contributed by atoms with Gasteiger partial charge in [0.15, 0.2) is 11.5 Å². The monoisotopic (exact) mass is 467 g/mol. The van der Waals surface area contributed by atoms with Crippen LogP contribution in [0.5, 0.6) is 11.5 Å². The molecule has 0 atom stereocenters. The largest absolute Gasteiger partial charge is 0.493 e. The molecule has 2 aromatic rings. The average Bonchev–Trinajstić information content (AvgIpc) is 2.98. The lowest BCUT2D eigenvalue weighted by atomic mass is 10.1. The number of amides is 2. The Labute approximate surface area is 188 Å². The Bertz CT molecular complexity index is 975. The molecule has 1 fully saturated rings. The van der Waals surface area contributed by atoms with Gasteiger partial charge in [0.1, 0.15) is 6.61 Å². The molecular weight excluding hydrogens is 449 g/mol. The van der Waals surface area contributed by atoms with E-state index in [4.69, 9.17) is 37.4 Å². The van der Waals surface area contributed by atoms with Crippen molar-refractivity contribution in [3.05, 3.63) is 62.5 Å². The first-order valence-electron chi connectivity index (χ1n) is 8.92. The summed E-state index contributed by atoms with van der Waals surface area (Å²) in [6.07, 6.45) is 1.64. The average molecular weight is 468 g/mol. The molecule has 0 aliphatic carbocycles. The summed E-state index contributed by atoms with van der Waals surface area (Å²) in [6.45, 7) is 0.847. The number of carbonyl (C=O) groups is 2. The van der Waals surface area contributed by atoms with Crippen LogP contribution in [0, 0.1) is 0 Å². The minimum atomic E-state index is -0.402. The fourth-order valence-corrected chi connectivity index (χ4v) is 4.11. The van der Waals surface area contributed by atoms with E-state index in [-0.39, 0.29) is 11.8 Å². The Morgan fingerprint density at radius 2 is 1.77 bits per heavy atom. The van der Waals surface area contributed by atoms with Gasteiger partial charge in [-0.1, -0.05) is 35.3 Å². The molecule has 2 aromatic carbocycles. The molecule has 0 aromatic heterocycles. The standard InChI is InChI=1S/C21H19Cl2NO5S/c1-27-8-9-29-17-7-6-13(10-18(17)28-2)11-19-20(25)24(21(26)30-19)12-14-15(22)4-3-5-16(14)23/h3-7,10-11H,8-9,12H2,1-2H3/b19-11-. The molecular formula is C21H19Cl2NO5S. The quantitative estimate of drug-likeness (QED) is 0.389. The summed E-state index contributed by atoms with van der Waals surface area (Å²) in [6, 6.07) is 10.3. The number of nitrogens with zero attached hydrogens (tertiary/aromatic N) is 1. The molecule has 1 aliphatic rings. The van der Waals surface area contributed by atoms with Gasteiger partial charge in [-0.3, -0.25) is 14.5 Å². The number of methoxy groups -OCH3 is 2. The summed E-state index contributed by atoms with van der Waals surface area (Å²) in [5, 5.41) is 0.423. The topological polar surface area (TPSA) is 65.1 Å². The second-order valence-corrected chi connectivity index (χ2v) is 8.03. The number of halogens is 2. The van der Waals surface area contributed by atoms with Gasteiger partial charge in [0, 0.05) is 22.7 Å². The predicted octanol–water partition coefficient (Wildman–Crippen LogP) is 5.26. The van der Waals surface area contributed by atoms with Crippen molar-refractivity contribution < 1.29 is 23.8 Å². The Kier molecular flexibility index (Phi) is 7.66. The maximum atomic E-state index is 12.8. The number of thioether (sulfide) groups is 1. The fraction of sp³-hybridized carbons (Fsp3) is 0.238. The van der Waals surface area contributed by atoms with E-state index in [0.29, 0.717) is 50.8 Å². The van der Waals surface area contributed by atoms with Crippen molar-refractivity contribution in [3.63, 3.8) is 0 Å². The Balaban J connectivity index is 1.79. The lowest BCUT2D eigenvalue weighted by molar-refractivity contribution is -0.123. The maximum Gasteiger partial charge on any atom is 0.293 e. The number of benzene rings is 2. The Morgan fingerprint density at radius 3 is 2.43 bits per heavy atom. The molecule has 30 heavy (non-hydrogen) atoms. The van der Waals surface area contributed by atoms with E-state index in [1.807, 2.05) is 0 Å². The first-order valence-corrected chi connectivity index (χ1v) is 10.5. The van der Waals surface area contributed by atoms with Gasteiger partial charge < -0.3 is 14.2 Å². The van der Waals surface area contributed by atoms with Gasteiger partial charge in [-0.05, 0) is 47.7 Å². The summed E-state index contributed by atoms with van der Waals surface area (Å²) in [5.74, 6) is 0.676. The van der Waals surface area contributed by atoms with E-state index in [1.54, 1.807) is 49.6 Å². The Hall–Kier alpha value is -2.19. The van der Waals surface area contributed by atoms with E-state index >= 15 is 0 Å². The van der Waals surface area contributed by atoms with Crippen LogP contribution in [0.15, 0.2) is 41.3 Å². The molecule has 9 heteroatoms. The fourth-order valence-electron chi connectivity index (χ4n) is 2.76. The van der Waals surface area contributed by atoms with Gasteiger partial charge in [0.2, 0.25) is 0 Å². The summed E-state index contributed by atoms with van der Waals surface area (Å²) in [4.78, 5) is 26.7. The predicted molar refractivity (Wildman–Crippen MR) is 118 cm³/mol. The summed E-state index contributed by atoms with van der Waals surface area (Å²) in [5.41, 5.74) is 1.23. The van der Waals surface area contributed by atoms with Crippen LogP contribution in [0.1, 0.15) is 11.1 Å². The van der Waals surface area contributed by atoms with E-state index < -0.39 is 5.91 Å². The van der Waals surface area contributed by atoms with Crippen LogP contribution in [-0.2, 0) is 16.1 Å². The van der Waals surface area contributed by atoms with Gasteiger partial charge in [-0.2, -0.15) is 0 Å². The molecule has 0 spiro atoms. The van der Waals surface area contributed by atoms with Crippen LogP contribution < -0.4 is 9.47 Å². The van der Waals surface area contributed by atoms with E-state index in [9.17, 15) is 9.59 Å². The van der Waals surface area contributed by atoms with Crippen molar-refractivity contribution >= 4 is 52.2 Å². The van der Waals surface area contributed by atoms with Crippen molar-refractivity contribution in [2.24, 2.45) is 0 Å². The van der Waals surface area contributed by atoms with Gasteiger partial charge >= 0.3 is 0 Å². The third-order valence-electron chi connectivity index (χ3n) is 4.28. The first kappa shape index (κ1) is 22.5. The molecule has 1 aliphatic heterocycles. The number of rotatable bonds is 8. The van der Waals surface area contributed by atoms with Gasteiger partial charge in [0.05, 0.1) is 25.2 Å². The van der Waals surface area contributed by atoms with Crippen LogP contribution in [0.4, 0.5) is 4.79 Å². The second kappa shape index (κ2) is 10.2. The molecule has 1 saturated heterocycles. The molecule has 0 saturated carbocycles. The SMILES string of the molecule is COCCOc1ccc(/C=C2\SC(=O)N(Cc3c(Cl)cccc3Cl)C2=O)cc1OC. The second-order valence-electron chi connectivity index (χ2n) is 6.22. The summed E-state index contributed by atoms with van der Waals surface area (Å²) >= 11 is 13.2. The minimum Gasteiger partial charge on any atom is -0.493 e. The van der Waals surface area contributed by atoms with Crippen molar-refractivity contribution in [2.45, 2.75) is 6.54 Å². The lowest BCUT2D eigenvalue weighted by Crippen LogP contribution is -2.27. The van der Waals surface area contributed by atoms with Crippen LogP contribution >= 0.6 is 35.0 Å². The molecule has 6 nitrogen and oxygen atoms in total. The number of hydrogen-bond donors (Lipinski definition) is 0. The third-order valence-corrected chi connectivity index (χ3v) is 5.90. The third kappa shape index (κ3) is 5.10. The van der Waals surface area contributed by atoms with Gasteiger partial charge in [-0.25, -0.2) is 0 Å². The minimum absolute atomic E-state index is 0.0100. The molecule has 0 N–H and O–H groups in total. The number of carbonyl (C=O) groups excluding carboxylic acids is 2. The van der Waals surface area contributed by atoms with Crippen LogP contribution in [0.3, 0.4) is 0 Å². The molecule has 0 unspecified atom stereocenters.